The Labute approximate surface area is 128 Å². The Balaban J connectivity index is 2.10. The van der Waals surface area contributed by atoms with Gasteiger partial charge in [-0.05, 0) is 45.8 Å². The minimum absolute atomic E-state index is 0.478. The molecule has 20 heavy (non-hydrogen) atoms. The summed E-state index contributed by atoms with van der Waals surface area (Å²) < 4.78 is 5.38. The molecule has 0 N–H and O–H groups in total. The quantitative estimate of drug-likeness (QED) is 0.604. The van der Waals surface area contributed by atoms with Gasteiger partial charge in [0.1, 0.15) is 11.3 Å². The van der Waals surface area contributed by atoms with Crippen molar-refractivity contribution in [3.8, 4) is 5.75 Å². The van der Waals surface area contributed by atoms with Crippen LogP contribution < -0.4 is 9.64 Å². The zero-order valence-electron chi connectivity index (χ0n) is 11.6. The molecular formula is C16H17BrN2O. The lowest BCUT2D eigenvalue weighted by atomic mass is 10.2. The first-order valence-corrected chi connectivity index (χ1v) is 7.41. The van der Waals surface area contributed by atoms with Crippen molar-refractivity contribution in [1.82, 2.24) is 0 Å². The predicted molar refractivity (Wildman–Crippen MR) is 88.9 cm³/mol. The van der Waals surface area contributed by atoms with Crippen molar-refractivity contribution in [1.29, 1.82) is 0 Å². The number of hydrogen-bond acceptors (Lipinski definition) is 3. The minimum Gasteiger partial charge on any atom is -0.482 e. The van der Waals surface area contributed by atoms with E-state index >= 15 is 0 Å². The third-order valence-corrected chi connectivity index (χ3v) is 3.04. The molecule has 0 radical (unpaired) electrons. The van der Waals surface area contributed by atoms with Crippen LogP contribution in [0.3, 0.4) is 0 Å². The van der Waals surface area contributed by atoms with Gasteiger partial charge in [0.05, 0.1) is 5.69 Å². The van der Waals surface area contributed by atoms with Crippen molar-refractivity contribution in [3.05, 3.63) is 54.1 Å². The van der Waals surface area contributed by atoms with Crippen LogP contribution in [0, 0.1) is 0 Å². The van der Waals surface area contributed by atoms with Gasteiger partial charge in [-0.25, -0.2) is 0 Å². The number of anilines is 1. The maximum Gasteiger partial charge on any atom is 0.143 e. The number of benzene rings is 2. The fourth-order valence-corrected chi connectivity index (χ4v) is 1.99. The van der Waals surface area contributed by atoms with E-state index in [1.807, 2.05) is 44.6 Å². The summed E-state index contributed by atoms with van der Waals surface area (Å²) in [6.45, 7) is 0. The maximum absolute atomic E-state index is 5.38. The van der Waals surface area contributed by atoms with E-state index in [4.69, 9.17) is 4.74 Å². The lowest BCUT2D eigenvalue weighted by molar-refractivity contribution is 0.398. The van der Waals surface area contributed by atoms with Gasteiger partial charge in [0, 0.05) is 32.1 Å². The number of halogens is 1. The molecule has 0 aliphatic heterocycles. The summed E-state index contributed by atoms with van der Waals surface area (Å²) in [5.74, 6) is 0.805. The van der Waals surface area contributed by atoms with Crippen LogP contribution in [0.1, 0.15) is 5.56 Å². The molecule has 0 bridgehead atoms. The Morgan fingerprint density at radius 3 is 2.55 bits per heavy atom. The summed E-state index contributed by atoms with van der Waals surface area (Å²) in [5.41, 5.74) is 3.60. The number of nitrogens with zero attached hydrogens (tertiary/aromatic N) is 2. The SMILES string of the molecule is CN(C)c1ccc(/C=N/c2cccc(OCBr)c2)cc1. The molecule has 104 valence electrons. The molecule has 0 aliphatic rings. The third kappa shape index (κ3) is 4.10. The van der Waals surface area contributed by atoms with Crippen LogP contribution in [0.2, 0.25) is 0 Å². The molecule has 0 atom stereocenters. The molecule has 0 aliphatic carbocycles. The fraction of sp³-hybridized carbons (Fsp3) is 0.188. The van der Waals surface area contributed by atoms with Crippen LogP contribution in [0.5, 0.6) is 5.75 Å². The normalized spacial score (nSPS) is 10.8. The summed E-state index contributed by atoms with van der Waals surface area (Å²) in [4.78, 5) is 6.53. The molecule has 0 spiro atoms. The van der Waals surface area contributed by atoms with Crippen LogP contribution in [-0.2, 0) is 0 Å². The number of alkyl halides is 1. The molecule has 0 saturated carbocycles. The van der Waals surface area contributed by atoms with Gasteiger partial charge in [0.25, 0.3) is 0 Å². The molecule has 2 rings (SSSR count). The molecule has 2 aromatic rings. The van der Waals surface area contributed by atoms with Crippen molar-refractivity contribution < 1.29 is 4.74 Å². The Morgan fingerprint density at radius 1 is 1.15 bits per heavy atom. The van der Waals surface area contributed by atoms with E-state index in [9.17, 15) is 0 Å². The van der Waals surface area contributed by atoms with E-state index < -0.39 is 0 Å². The van der Waals surface area contributed by atoms with E-state index in [1.54, 1.807) is 0 Å². The van der Waals surface area contributed by atoms with Crippen molar-refractivity contribution in [2.75, 3.05) is 24.5 Å². The minimum atomic E-state index is 0.478. The van der Waals surface area contributed by atoms with Gasteiger partial charge < -0.3 is 9.64 Å². The molecule has 4 heteroatoms. The van der Waals surface area contributed by atoms with Crippen LogP contribution in [0.4, 0.5) is 11.4 Å². The molecule has 0 amide bonds. The standard InChI is InChI=1S/C16H17BrN2O/c1-19(2)15-8-6-13(7-9-15)11-18-14-4-3-5-16(10-14)20-12-17/h3-11H,12H2,1-2H3/b18-11+. The predicted octanol–water partition coefficient (Wildman–Crippen LogP) is 4.23. The van der Waals surface area contributed by atoms with E-state index in [1.165, 1.54) is 5.69 Å². The Bertz CT molecular complexity index is 579. The largest absolute Gasteiger partial charge is 0.482 e. The number of hydrogen-bond donors (Lipinski definition) is 0. The van der Waals surface area contributed by atoms with E-state index in [0.717, 1.165) is 17.0 Å². The van der Waals surface area contributed by atoms with Gasteiger partial charge in [-0.3, -0.25) is 4.99 Å². The highest BCUT2D eigenvalue weighted by atomic mass is 79.9. The van der Waals surface area contributed by atoms with Gasteiger partial charge in [-0.1, -0.05) is 18.2 Å². The molecular weight excluding hydrogens is 316 g/mol. The average molecular weight is 333 g/mol. The number of rotatable bonds is 5. The summed E-state index contributed by atoms with van der Waals surface area (Å²) in [7, 11) is 4.05. The Morgan fingerprint density at radius 2 is 1.90 bits per heavy atom. The monoisotopic (exact) mass is 332 g/mol. The smallest absolute Gasteiger partial charge is 0.143 e. The molecule has 0 unspecified atom stereocenters. The number of ether oxygens (including phenoxy) is 1. The van der Waals surface area contributed by atoms with Crippen molar-refractivity contribution in [2.24, 2.45) is 4.99 Å². The average Bonchev–Trinajstić information content (AvgIpc) is 2.46. The highest BCUT2D eigenvalue weighted by Crippen LogP contribution is 2.20. The molecule has 0 heterocycles. The third-order valence-electron chi connectivity index (χ3n) is 2.81. The summed E-state index contributed by atoms with van der Waals surface area (Å²) in [6.07, 6.45) is 1.85. The second kappa shape index (κ2) is 7.10. The van der Waals surface area contributed by atoms with Gasteiger partial charge in [-0.15, -0.1) is 0 Å². The van der Waals surface area contributed by atoms with Gasteiger partial charge in [-0.2, -0.15) is 0 Å². The van der Waals surface area contributed by atoms with Gasteiger partial charge >= 0.3 is 0 Å². The molecule has 2 aromatic carbocycles. The van der Waals surface area contributed by atoms with Gasteiger partial charge in [0.2, 0.25) is 0 Å². The second-order valence-corrected chi connectivity index (χ2v) is 4.95. The van der Waals surface area contributed by atoms with Crippen LogP contribution in [-0.4, -0.2) is 25.8 Å². The lowest BCUT2D eigenvalue weighted by Crippen LogP contribution is -2.08. The molecule has 3 nitrogen and oxygen atoms in total. The van der Waals surface area contributed by atoms with Crippen LogP contribution >= 0.6 is 15.9 Å². The Kier molecular flexibility index (Phi) is 5.18. The van der Waals surface area contributed by atoms with Crippen molar-refractivity contribution in [3.63, 3.8) is 0 Å². The number of aliphatic imine (C=N–C) groups is 1. The van der Waals surface area contributed by atoms with Crippen molar-refractivity contribution in [2.45, 2.75) is 0 Å². The maximum atomic E-state index is 5.38. The highest BCUT2D eigenvalue weighted by Gasteiger charge is 1.96. The second-order valence-electron chi connectivity index (χ2n) is 4.49. The first-order valence-electron chi connectivity index (χ1n) is 6.29. The molecule has 0 aromatic heterocycles. The highest BCUT2D eigenvalue weighted by molar-refractivity contribution is 9.09. The van der Waals surface area contributed by atoms with Crippen LogP contribution in [0.25, 0.3) is 0 Å². The summed E-state index contributed by atoms with van der Waals surface area (Å²) in [6, 6.07) is 16.0. The fourth-order valence-electron chi connectivity index (χ4n) is 1.72. The Hall–Kier alpha value is -1.81. The summed E-state index contributed by atoms with van der Waals surface area (Å²) in [5, 5.41) is 0. The first-order chi connectivity index (χ1) is 9.69. The molecule has 0 fully saturated rings. The topological polar surface area (TPSA) is 24.8 Å². The van der Waals surface area contributed by atoms with Gasteiger partial charge in [0.15, 0.2) is 0 Å². The van der Waals surface area contributed by atoms with Crippen molar-refractivity contribution >= 4 is 33.5 Å². The van der Waals surface area contributed by atoms with E-state index in [2.05, 4.69) is 50.1 Å². The van der Waals surface area contributed by atoms with E-state index in [0.29, 0.717) is 5.52 Å². The lowest BCUT2D eigenvalue weighted by Gasteiger charge is -2.11. The molecule has 0 saturated heterocycles. The summed E-state index contributed by atoms with van der Waals surface area (Å²) >= 11 is 3.24. The zero-order chi connectivity index (χ0) is 14.4. The van der Waals surface area contributed by atoms with E-state index in [-0.39, 0.29) is 0 Å². The van der Waals surface area contributed by atoms with Crippen LogP contribution in [0.15, 0.2) is 53.5 Å². The zero-order valence-corrected chi connectivity index (χ0v) is 13.2. The first kappa shape index (κ1) is 14.6.